The Labute approximate surface area is 204 Å². The van der Waals surface area contributed by atoms with E-state index >= 15 is 0 Å². The molecule has 8 heteroatoms. The van der Waals surface area contributed by atoms with Gasteiger partial charge in [-0.3, -0.25) is 25.8 Å². The highest BCUT2D eigenvalue weighted by Crippen LogP contribution is 2.20. The molecule has 0 heterocycles. The van der Waals surface area contributed by atoms with E-state index in [0.717, 1.165) is 5.56 Å². The summed E-state index contributed by atoms with van der Waals surface area (Å²) in [7, 11) is 0. The van der Waals surface area contributed by atoms with Crippen LogP contribution in [0.25, 0.3) is 0 Å². The summed E-state index contributed by atoms with van der Waals surface area (Å²) in [6, 6.07) is 23.4. The van der Waals surface area contributed by atoms with E-state index < -0.39 is 11.8 Å². The van der Waals surface area contributed by atoms with Crippen LogP contribution >= 0.6 is 12.2 Å². The van der Waals surface area contributed by atoms with Gasteiger partial charge in [-0.15, -0.1) is 0 Å². The average Bonchev–Trinajstić information content (AvgIpc) is 2.85. The van der Waals surface area contributed by atoms with Gasteiger partial charge >= 0.3 is 0 Å². The lowest BCUT2D eigenvalue weighted by Gasteiger charge is -2.15. The van der Waals surface area contributed by atoms with Crippen LogP contribution < -0.4 is 25.6 Å². The van der Waals surface area contributed by atoms with Crippen molar-refractivity contribution in [2.24, 2.45) is 5.92 Å². The van der Waals surface area contributed by atoms with Gasteiger partial charge in [-0.1, -0.05) is 68.4 Å². The molecule has 3 N–H and O–H groups in total. The Morgan fingerprint density at radius 2 is 1.32 bits per heavy atom. The molecular weight excluding hydrogens is 450 g/mol. The van der Waals surface area contributed by atoms with Crippen molar-refractivity contribution in [3.8, 4) is 11.5 Å². The molecule has 176 valence electrons. The maximum absolute atomic E-state index is 12.7. The van der Waals surface area contributed by atoms with E-state index in [-0.39, 0.29) is 5.11 Å². The molecule has 2 amide bonds. The Hall–Kier alpha value is -3.91. The van der Waals surface area contributed by atoms with Gasteiger partial charge in [-0.25, -0.2) is 0 Å². The number of hydrogen-bond acceptors (Lipinski definition) is 5. The molecule has 0 bridgehead atoms. The molecule has 0 unspecified atom stereocenters. The molecular formula is C26H27N3O4S. The van der Waals surface area contributed by atoms with Crippen molar-refractivity contribution in [3.63, 3.8) is 0 Å². The van der Waals surface area contributed by atoms with Gasteiger partial charge in [0.25, 0.3) is 11.8 Å². The lowest BCUT2D eigenvalue weighted by atomic mass is 10.2. The van der Waals surface area contributed by atoms with Gasteiger partial charge in [0.1, 0.15) is 18.1 Å². The van der Waals surface area contributed by atoms with Crippen LogP contribution in [0.5, 0.6) is 11.5 Å². The number of benzene rings is 3. The largest absolute Gasteiger partial charge is 0.492 e. The fourth-order valence-corrected chi connectivity index (χ4v) is 3.08. The Bertz CT molecular complexity index is 1140. The quantitative estimate of drug-likeness (QED) is 0.332. The molecule has 0 aliphatic heterocycles. The second-order valence-corrected chi connectivity index (χ2v) is 8.24. The minimum Gasteiger partial charge on any atom is -0.492 e. The van der Waals surface area contributed by atoms with Crippen LogP contribution in [0.3, 0.4) is 0 Å². The monoisotopic (exact) mass is 477 g/mol. The number of carbonyl (C=O) groups excluding carboxylic acids is 2. The van der Waals surface area contributed by atoms with Gasteiger partial charge in [0.05, 0.1) is 17.7 Å². The normalized spacial score (nSPS) is 10.3. The van der Waals surface area contributed by atoms with Gasteiger partial charge < -0.3 is 9.47 Å². The highest BCUT2D eigenvalue weighted by Gasteiger charge is 2.16. The summed E-state index contributed by atoms with van der Waals surface area (Å²) in [5.74, 6) is 0.300. The Morgan fingerprint density at radius 3 is 1.97 bits per heavy atom. The number of carbonyl (C=O) groups is 2. The highest BCUT2D eigenvalue weighted by molar-refractivity contribution is 7.80. The molecule has 3 rings (SSSR count). The predicted molar refractivity (Wildman–Crippen MR) is 135 cm³/mol. The van der Waals surface area contributed by atoms with Crippen LogP contribution in [0.2, 0.25) is 0 Å². The predicted octanol–water partition coefficient (Wildman–Crippen LogP) is 4.25. The third-order valence-corrected chi connectivity index (χ3v) is 4.79. The smallest absolute Gasteiger partial charge is 0.273 e. The lowest BCUT2D eigenvalue weighted by molar-refractivity contribution is 0.0929. The van der Waals surface area contributed by atoms with E-state index in [1.54, 1.807) is 48.5 Å². The third-order valence-electron chi connectivity index (χ3n) is 4.59. The molecule has 3 aromatic rings. The first-order chi connectivity index (χ1) is 16.4. The molecule has 34 heavy (non-hydrogen) atoms. The van der Waals surface area contributed by atoms with Crippen LogP contribution in [0.4, 0.5) is 0 Å². The van der Waals surface area contributed by atoms with Gasteiger partial charge in [0, 0.05) is 0 Å². The number of amides is 2. The molecule has 0 aromatic heterocycles. The van der Waals surface area contributed by atoms with E-state index in [9.17, 15) is 9.59 Å². The molecule has 3 aromatic carbocycles. The Balaban J connectivity index is 1.56. The minimum absolute atomic E-state index is 0.0558. The van der Waals surface area contributed by atoms with Gasteiger partial charge in [0.2, 0.25) is 0 Å². The number of thiocarbonyl (C=S) groups is 1. The third kappa shape index (κ3) is 7.31. The summed E-state index contributed by atoms with van der Waals surface area (Å²) in [6.45, 7) is 4.85. The molecule has 0 saturated carbocycles. The van der Waals surface area contributed by atoms with Crippen molar-refractivity contribution < 1.29 is 19.1 Å². The fraction of sp³-hybridized carbons (Fsp3) is 0.192. The maximum atomic E-state index is 12.7. The van der Waals surface area contributed by atoms with E-state index in [2.05, 4.69) is 16.2 Å². The van der Waals surface area contributed by atoms with Crippen molar-refractivity contribution in [3.05, 3.63) is 95.6 Å². The molecule has 0 radical (unpaired) electrons. The molecule has 0 atom stereocenters. The molecule has 7 nitrogen and oxygen atoms in total. The van der Waals surface area contributed by atoms with Crippen molar-refractivity contribution in [1.29, 1.82) is 0 Å². The second-order valence-electron chi connectivity index (χ2n) is 7.83. The zero-order valence-electron chi connectivity index (χ0n) is 19.0. The van der Waals surface area contributed by atoms with Crippen LogP contribution in [0.1, 0.15) is 40.1 Å². The summed E-state index contributed by atoms with van der Waals surface area (Å²) in [6.07, 6.45) is 0. The molecule has 0 spiro atoms. The number of nitrogens with one attached hydrogen (secondary N) is 3. The number of para-hydroxylation sites is 2. The summed E-state index contributed by atoms with van der Waals surface area (Å²) in [4.78, 5) is 25.4. The topological polar surface area (TPSA) is 88.7 Å². The van der Waals surface area contributed by atoms with Crippen molar-refractivity contribution in [2.75, 3.05) is 6.61 Å². The van der Waals surface area contributed by atoms with E-state index in [1.807, 2.05) is 44.2 Å². The van der Waals surface area contributed by atoms with Crippen LogP contribution in [0.15, 0.2) is 78.9 Å². The number of ether oxygens (including phenoxy) is 2. The molecule has 0 saturated heterocycles. The zero-order valence-corrected chi connectivity index (χ0v) is 19.9. The average molecular weight is 478 g/mol. The summed E-state index contributed by atoms with van der Waals surface area (Å²) >= 11 is 5.17. The lowest BCUT2D eigenvalue weighted by Crippen LogP contribution is -2.48. The Kier molecular flexibility index (Phi) is 8.99. The van der Waals surface area contributed by atoms with E-state index in [0.29, 0.717) is 41.8 Å². The summed E-state index contributed by atoms with van der Waals surface area (Å²) in [5, 5.41) is 2.49. The number of hydrogen-bond donors (Lipinski definition) is 3. The Morgan fingerprint density at radius 1 is 0.765 bits per heavy atom. The minimum atomic E-state index is -0.457. The first-order valence-corrected chi connectivity index (χ1v) is 11.2. The second kappa shape index (κ2) is 12.4. The molecule has 0 fully saturated rings. The maximum Gasteiger partial charge on any atom is 0.273 e. The molecule has 0 aliphatic rings. The van der Waals surface area contributed by atoms with Gasteiger partial charge in [0.15, 0.2) is 5.11 Å². The SMILES string of the molecule is CC(C)COc1ccccc1C(=O)NC(=S)NNC(=O)c1ccccc1OCc1ccccc1. The van der Waals surface area contributed by atoms with Gasteiger partial charge in [-0.05, 0) is 48.0 Å². The van der Waals surface area contributed by atoms with Gasteiger partial charge in [-0.2, -0.15) is 0 Å². The van der Waals surface area contributed by atoms with E-state index in [1.165, 1.54) is 0 Å². The summed E-state index contributed by atoms with van der Waals surface area (Å²) < 4.78 is 11.5. The number of rotatable bonds is 8. The highest BCUT2D eigenvalue weighted by atomic mass is 32.1. The van der Waals surface area contributed by atoms with Crippen LogP contribution in [-0.4, -0.2) is 23.5 Å². The van der Waals surface area contributed by atoms with Crippen LogP contribution in [-0.2, 0) is 6.61 Å². The van der Waals surface area contributed by atoms with Crippen molar-refractivity contribution >= 4 is 29.1 Å². The van der Waals surface area contributed by atoms with E-state index in [4.69, 9.17) is 21.7 Å². The van der Waals surface area contributed by atoms with Crippen molar-refractivity contribution in [1.82, 2.24) is 16.2 Å². The first-order valence-electron chi connectivity index (χ1n) is 10.8. The van der Waals surface area contributed by atoms with Crippen LogP contribution in [0, 0.1) is 5.92 Å². The van der Waals surface area contributed by atoms with Crippen molar-refractivity contribution in [2.45, 2.75) is 20.5 Å². The zero-order chi connectivity index (χ0) is 24.3. The number of hydrazine groups is 1. The summed E-state index contributed by atoms with van der Waals surface area (Å²) in [5.41, 5.74) is 6.70. The fourth-order valence-electron chi connectivity index (χ4n) is 2.93. The first kappa shape index (κ1) is 24.7. The standard InChI is InChI=1S/C26H27N3O4S/c1-18(2)16-32-22-14-8-6-12-20(22)24(30)27-26(34)29-28-25(31)21-13-7-9-15-23(21)33-17-19-10-4-3-5-11-19/h3-15,18H,16-17H2,1-2H3,(H,28,31)(H2,27,29,30,34). The molecule has 0 aliphatic carbocycles.